The SMILES string of the molecule is CC(=O)N[C@H]1[C@H](OCCOCCNC(=O)CCOCC(COCCC(=O)NCCOCCO[C@@H]2O[C@H](CO)[C@H](O)[C@H](O)[C@H]2NC(C)=O)(COCCC(=O)NCCOCCO[C@@H]2O[C@H](CO)[C@H](O)[C@H](O)[C@H]2NC(C)=O)NC(=O)Cc2ccc(OP(OCCC#N)N(C(C)C)C(C)C)cc2)O[C@H](CO)[C@H](O)[C@@H]1O. The van der Waals surface area contributed by atoms with Gasteiger partial charge in [-0.3, -0.25) is 33.6 Å². The minimum Gasteiger partial charge on any atom is -0.436 e. The van der Waals surface area contributed by atoms with Crippen LogP contribution in [0.5, 0.6) is 5.75 Å². The highest BCUT2D eigenvalue weighted by atomic mass is 31.2. The predicted octanol–water partition coefficient (Wildman–Crippen LogP) is -5.76. The predicted molar refractivity (Wildman–Crippen MR) is 369 cm³/mol. The fourth-order valence-electron chi connectivity index (χ4n) is 11.0. The molecule has 3 aliphatic rings. The molecule has 0 radical (unpaired) electrons. The van der Waals surface area contributed by atoms with Crippen molar-refractivity contribution in [1.29, 1.82) is 5.26 Å². The maximum absolute atomic E-state index is 14.3. The van der Waals surface area contributed by atoms with Crippen molar-refractivity contribution in [3.05, 3.63) is 29.8 Å². The second-order valence-electron chi connectivity index (χ2n) is 25.5. The Morgan fingerprint density at radius 3 is 1.15 bits per heavy atom. The quantitative estimate of drug-likeness (QED) is 0.0213. The molecule has 4 rings (SSSR count). The number of aliphatic hydroxyl groups is 9. The molecule has 16 N–H and O–H groups in total. The Labute approximate surface area is 617 Å². The number of benzene rings is 1. The number of nitriles is 1. The first-order valence-corrected chi connectivity index (χ1v) is 36.3. The Bertz CT molecular complexity index is 2560. The standard InChI is InChI=1S/C66H112N9O30P/c1-40(2)75(41(3)4)106(101-20-8-16-67)105-46-11-9-45(10-12-46)33-53(85)74-66(37-95-21-13-50(82)68-17-24-92-27-30-98-63-54(71-42(5)79)60(89)57(86)47(34-76)102-63,38-96-22-14-51(83)69-18-25-93-28-31-99-64-55(72-43(6)80)61(90)58(87)48(35-77)103-64)39-97-23-15-52(84)70-19-26-94-29-32-100-65-56(73-44(7)81)62(91)59(88)49(36-78)104-65/h9-12,40-41,47-49,54-65,76-78,86-91H,8,13-15,17-39H2,1-7H3,(H,68,82)(H,69,83)(H,70,84)(H,71,79)(H,72,80)(H,73,81)(H,74,85)/t47-,48-,49-,54-,55-,56-,57+,58+,59+,60-,61-,62-,63-,64-,65-,106?/m1/s1. The summed E-state index contributed by atoms with van der Waals surface area (Å²) in [5.74, 6) is -3.00. The normalized spacial score (nSPS) is 24.9. The van der Waals surface area contributed by atoms with E-state index in [1.165, 1.54) is 20.8 Å². The molecule has 39 nitrogen and oxygen atoms in total. The summed E-state index contributed by atoms with van der Waals surface area (Å²) in [7, 11) is -1.65. The Morgan fingerprint density at radius 2 is 0.840 bits per heavy atom. The van der Waals surface area contributed by atoms with Crippen LogP contribution in [0.2, 0.25) is 0 Å². The van der Waals surface area contributed by atoms with Gasteiger partial charge in [0.25, 0.3) is 0 Å². The lowest BCUT2D eigenvalue weighted by Gasteiger charge is -2.42. The van der Waals surface area contributed by atoms with Crippen LogP contribution in [0.25, 0.3) is 0 Å². The lowest BCUT2D eigenvalue weighted by Crippen LogP contribution is -2.64. The Hall–Kier alpha value is -5.69. The molecule has 0 spiro atoms. The average molecular weight is 1540 g/mol. The monoisotopic (exact) mass is 1540 g/mol. The van der Waals surface area contributed by atoms with Gasteiger partial charge in [0.05, 0.1) is 144 Å². The van der Waals surface area contributed by atoms with Crippen LogP contribution in [0.1, 0.15) is 79.7 Å². The molecule has 0 aliphatic carbocycles. The largest absolute Gasteiger partial charge is 0.436 e. The highest BCUT2D eigenvalue weighted by Crippen LogP contribution is 2.46. The van der Waals surface area contributed by atoms with E-state index in [2.05, 4.69) is 48.0 Å². The van der Waals surface area contributed by atoms with Crippen molar-refractivity contribution in [1.82, 2.24) is 41.9 Å². The third-order valence-corrected chi connectivity index (χ3v) is 18.2. The first kappa shape index (κ1) is 92.7. The third-order valence-electron chi connectivity index (χ3n) is 16.1. The van der Waals surface area contributed by atoms with Crippen molar-refractivity contribution in [2.75, 3.05) is 145 Å². The van der Waals surface area contributed by atoms with E-state index in [9.17, 15) is 84.8 Å². The smallest absolute Gasteiger partial charge is 0.321 e. The number of carbonyl (C=O) groups is 7. The molecule has 106 heavy (non-hydrogen) atoms. The zero-order chi connectivity index (χ0) is 78.1. The van der Waals surface area contributed by atoms with Crippen LogP contribution in [-0.2, 0) is 101 Å². The first-order chi connectivity index (χ1) is 50.7. The highest BCUT2D eigenvalue weighted by Gasteiger charge is 2.48. The number of nitrogens with zero attached hydrogens (tertiary/aromatic N) is 2. The summed E-state index contributed by atoms with van der Waals surface area (Å²) in [5, 5.41) is 119. The van der Waals surface area contributed by atoms with Crippen molar-refractivity contribution in [2.45, 2.75) is 190 Å². The minimum atomic E-state index is -1.65. The number of carbonyl (C=O) groups excluding carboxylic acids is 7. The van der Waals surface area contributed by atoms with Crippen molar-refractivity contribution < 1.29 is 145 Å². The molecule has 1 aromatic rings. The van der Waals surface area contributed by atoms with Gasteiger partial charge in [0.15, 0.2) is 18.9 Å². The van der Waals surface area contributed by atoms with E-state index >= 15 is 0 Å². The van der Waals surface area contributed by atoms with E-state index in [0.717, 1.165) is 0 Å². The summed E-state index contributed by atoms with van der Waals surface area (Å²) < 4.78 is 83.2. The zero-order valence-electron chi connectivity index (χ0n) is 61.2. The van der Waals surface area contributed by atoms with E-state index in [-0.39, 0.29) is 170 Å². The number of rotatable bonds is 53. The summed E-state index contributed by atoms with van der Waals surface area (Å²) in [5.41, 5.74) is -0.998. The summed E-state index contributed by atoms with van der Waals surface area (Å²) in [6.07, 6.45) is -16.8. The van der Waals surface area contributed by atoms with Gasteiger partial charge in [-0.2, -0.15) is 5.26 Å². The van der Waals surface area contributed by atoms with Gasteiger partial charge in [0.1, 0.15) is 84.3 Å². The van der Waals surface area contributed by atoms with Crippen LogP contribution >= 0.6 is 8.53 Å². The first-order valence-electron chi connectivity index (χ1n) is 35.1. The molecule has 16 atom stereocenters. The van der Waals surface area contributed by atoms with Crippen LogP contribution < -0.4 is 41.7 Å². The van der Waals surface area contributed by atoms with E-state index in [0.29, 0.717) is 11.3 Å². The summed E-state index contributed by atoms with van der Waals surface area (Å²) in [6, 6.07) is 5.44. The topological polar surface area (TPSA) is 542 Å². The van der Waals surface area contributed by atoms with Gasteiger partial charge in [0, 0.05) is 71.8 Å². The molecule has 7 amide bonds. The molecule has 0 aromatic heterocycles. The Kier molecular flexibility index (Phi) is 44.5. The lowest BCUT2D eigenvalue weighted by atomic mass is 9.97. The number of nitrogens with one attached hydrogen (secondary N) is 7. The second-order valence-corrected chi connectivity index (χ2v) is 26.9. The molecule has 3 aliphatic heterocycles. The van der Waals surface area contributed by atoms with Gasteiger partial charge < -0.3 is 149 Å². The Balaban J connectivity index is 1.42. The number of amides is 7. The Morgan fingerprint density at radius 1 is 0.491 bits per heavy atom. The molecule has 0 bridgehead atoms. The lowest BCUT2D eigenvalue weighted by molar-refractivity contribution is -0.272. The average Bonchev–Trinajstić information content (AvgIpc) is 0.828. The second kappa shape index (κ2) is 50.9. The van der Waals surface area contributed by atoms with Crippen LogP contribution in [0.3, 0.4) is 0 Å². The van der Waals surface area contributed by atoms with Gasteiger partial charge in [-0.15, -0.1) is 0 Å². The maximum atomic E-state index is 14.3. The van der Waals surface area contributed by atoms with E-state index < -0.39 is 167 Å². The minimum absolute atomic E-state index is 0.0215. The van der Waals surface area contributed by atoms with Crippen LogP contribution in [0.4, 0.5) is 0 Å². The van der Waals surface area contributed by atoms with Gasteiger partial charge >= 0.3 is 8.53 Å². The highest BCUT2D eigenvalue weighted by molar-refractivity contribution is 7.45. The molecule has 40 heteroatoms. The third kappa shape index (κ3) is 33.7. The zero-order valence-corrected chi connectivity index (χ0v) is 62.1. The van der Waals surface area contributed by atoms with Crippen LogP contribution in [-0.4, -0.2) is 347 Å². The van der Waals surface area contributed by atoms with Gasteiger partial charge in [-0.1, -0.05) is 12.1 Å². The van der Waals surface area contributed by atoms with Crippen LogP contribution in [0.15, 0.2) is 24.3 Å². The van der Waals surface area contributed by atoms with Gasteiger partial charge in [-0.05, 0) is 45.4 Å². The van der Waals surface area contributed by atoms with Crippen molar-refractivity contribution in [3.8, 4) is 11.8 Å². The van der Waals surface area contributed by atoms with E-state index in [1.807, 2.05) is 27.7 Å². The van der Waals surface area contributed by atoms with Gasteiger partial charge in [0.2, 0.25) is 41.4 Å². The molecule has 606 valence electrons. The number of ether oxygens (including phenoxy) is 12. The molecule has 1 unspecified atom stereocenters. The van der Waals surface area contributed by atoms with Crippen molar-refractivity contribution in [2.24, 2.45) is 0 Å². The molecular formula is C66H112N9O30P. The number of aliphatic hydroxyl groups excluding tert-OH is 9. The van der Waals surface area contributed by atoms with E-state index in [4.69, 9.17) is 65.9 Å². The number of hydrogen-bond acceptors (Lipinski definition) is 32. The van der Waals surface area contributed by atoms with E-state index in [1.54, 1.807) is 24.3 Å². The summed E-state index contributed by atoms with van der Waals surface area (Å²) in [4.78, 5) is 89.1. The maximum Gasteiger partial charge on any atom is 0.321 e. The van der Waals surface area contributed by atoms with Crippen molar-refractivity contribution in [3.63, 3.8) is 0 Å². The molecule has 3 fully saturated rings. The summed E-state index contributed by atoms with van der Waals surface area (Å²) >= 11 is 0. The molecule has 3 saturated heterocycles. The molecular weight excluding hydrogens is 1430 g/mol. The molecule has 0 saturated carbocycles. The van der Waals surface area contributed by atoms with Gasteiger partial charge in [-0.25, -0.2) is 4.67 Å². The fraction of sp³-hybridized carbons (Fsp3) is 0.788. The molecule has 3 heterocycles. The fourth-order valence-corrected chi connectivity index (χ4v) is 12.5. The summed E-state index contributed by atoms with van der Waals surface area (Å²) in [6.45, 7) is 8.16. The number of hydrogen-bond donors (Lipinski definition) is 16. The molecule has 1 aromatic carbocycles. The van der Waals surface area contributed by atoms with Crippen molar-refractivity contribution >= 4 is 49.9 Å². The van der Waals surface area contributed by atoms with Crippen LogP contribution in [0, 0.1) is 11.3 Å².